The Morgan fingerprint density at radius 3 is 2.29 bits per heavy atom. The fourth-order valence-corrected chi connectivity index (χ4v) is 5.93. The number of fused-ring (bicyclic) bond motifs is 3. The van der Waals surface area contributed by atoms with E-state index in [-0.39, 0.29) is 36.8 Å². The summed E-state index contributed by atoms with van der Waals surface area (Å²) in [5.41, 5.74) is 4.70. The number of carbonyl (C=O) groups is 3. The van der Waals surface area contributed by atoms with Gasteiger partial charge in [-0.2, -0.15) is 0 Å². The SMILES string of the molecule is O=C(N[C@@H]1CCC[C@H]1CC(=O)N1CCC[C@@H]1C(=O)O)OCC1c2ccccc2-c2ccccc21. The number of ether oxygens (including phenoxy) is 1. The molecular formula is C27H30N2O5. The Labute approximate surface area is 199 Å². The van der Waals surface area contributed by atoms with Crippen molar-refractivity contribution >= 4 is 18.0 Å². The highest BCUT2D eigenvalue weighted by atomic mass is 16.5. The molecule has 0 spiro atoms. The lowest BCUT2D eigenvalue weighted by atomic mass is 9.98. The molecule has 2 aromatic carbocycles. The van der Waals surface area contributed by atoms with Crippen LogP contribution in [-0.2, 0) is 14.3 Å². The van der Waals surface area contributed by atoms with Gasteiger partial charge in [0.2, 0.25) is 5.91 Å². The van der Waals surface area contributed by atoms with E-state index in [1.54, 1.807) is 0 Å². The molecule has 7 nitrogen and oxygen atoms in total. The van der Waals surface area contributed by atoms with Crippen LogP contribution in [-0.4, -0.2) is 53.2 Å². The highest BCUT2D eigenvalue weighted by Crippen LogP contribution is 2.44. The van der Waals surface area contributed by atoms with E-state index in [4.69, 9.17) is 4.74 Å². The van der Waals surface area contributed by atoms with Crippen molar-refractivity contribution in [1.29, 1.82) is 0 Å². The van der Waals surface area contributed by atoms with Gasteiger partial charge in [-0.3, -0.25) is 4.79 Å². The molecule has 2 fully saturated rings. The first-order chi connectivity index (χ1) is 16.5. The molecule has 0 bridgehead atoms. The molecule has 178 valence electrons. The first-order valence-corrected chi connectivity index (χ1v) is 12.2. The van der Waals surface area contributed by atoms with E-state index in [0.717, 1.165) is 25.7 Å². The molecule has 1 heterocycles. The minimum absolute atomic E-state index is 0.00206. The third-order valence-corrected chi connectivity index (χ3v) is 7.60. The van der Waals surface area contributed by atoms with Gasteiger partial charge in [-0.1, -0.05) is 55.0 Å². The Morgan fingerprint density at radius 2 is 1.62 bits per heavy atom. The Morgan fingerprint density at radius 1 is 0.941 bits per heavy atom. The third-order valence-electron chi connectivity index (χ3n) is 7.60. The van der Waals surface area contributed by atoms with E-state index in [9.17, 15) is 19.5 Å². The topological polar surface area (TPSA) is 95.9 Å². The van der Waals surface area contributed by atoms with E-state index < -0.39 is 18.1 Å². The fourth-order valence-electron chi connectivity index (χ4n) is 5.93. The number of carboxylic acids is 1. The van der Waals surface area contributed by atoms with Crippen LogP contribution in [0.5, 0.6) is 0 Å². The Hall–Kier alpha value is -3.35. The van der Waals surface area contributed by atoms with Crippen LogP contribution < -0.4 is 5.32 Å². The zero-order chi connectivity index (χ0) is 23.7. The number of amides is 2. The highest BCUT2D eigenvalue weighted by molar-refractivity contribution is 5.84. The number of alkyl carbamates (subject to hydrolysis) is 1. The van der Waals surface area contributed by atoms with E-state index in [1.807, 2.05) is 24.3 Å². The smallest absolute Gasteiger partial charge is 0.407 e. The third kappa shape index (κ3) is 4.27. The van der Waals surface area contributed by atoms with Gasteiger partial charge in [-0.15, -0.1) is 0 Å². The lowest BCUT2D eigenvalue weighted by molar-refractivity contribution is -0.148. The monoisotopic (exact) mass is 462 g/mol. The van der Waals surface area contributed by atoms with Gasteiger partial charge in [0.1, 0.15) is 12.6 Å². The largest absolute Gasteiger partial charge is 0.480 e. The van der Waals surface area contributed by atoms with Crippen molar-refractivity contribution < 1.29 is 24.2 Å². The molecule has 2 N–H and O–H groups in total. The molecule has 0 radical (unpaired) electrons. The van der Waals surface area contributed by atoms with Crippen LogP contribution in [0, 0.1) is 5.92 Å². The molecule has 2 aromatic rings. The molecule has 0 aromatic heterocycles. The van der Waals surface area contributed by atoms with Gasteiger partial charge in [0.25, 0.3) is 0 Å². The predicted octanol–water partition coefficient (Wildman–Crippen LogP) is 4.16. The summed E-state index contributed by atoms with van der Waals surface area (Å²) in [5, 5.41) is 12.4. The van der Waals surface area contributed by atoms with Crippen molar-refractivity contribution in [3.63, 3.8) is 0 Å². The second-order valence-corrected chi connectivity index (χ2v) is 9.55. The van der Waals surface area contributed by atoms with Gasteiger partial charge >= 0.3 is 12.1 Å². The lowest BCUT2D eigenvalue weighted by Gasteiger charge is -2.26. The van der Waals surface area contributed by atoms with Crippen LogP contribution in [0.1, 0.15) is 55.6 Å². The maximum atomic E-state index is 12.8. The summed E-state index contributed by atoms with van der Waals surface area (Å²) in [6.45, 7) is 0.747. The Balaban J connectivity index is 1.18. The Bertz CT molecular complexity index is 1050. The summed E-state index contributed by atoms with van der Waals surface area (Å²) in [5.74, 6) is -1.06. The number of nitrogens with zero attached hydrogens (tertiary/aromatic N) is 1. The van der Waals surface area contributed by atoms with E-state index in [2.05, 4.69) is 29.6 Å². The summed E-state index contributed by atoms with van der Waals surface area (Å²) >= 11 is 0. The first-order valence-electron chi connectivity index (χ1n) is 12.2. The number of hydrogen-bond acceptors (Lipinski definition) is 4. The minimum Gasteiger partial charge on any atom is -0.480 e. The zero-order valence-corrected chi connectivity index (χ0v) is 19.1. The molecule has 1 saturated heterocycles. The maximum absolute atomic E-state index is 12.8. The van der Waals surface area contributed by atoms with Crippen LogP contribution in [0.4, 0.5) is 4.79 Å². The second kappa shape index (κ2) is 9.49. The second-order valence-electron chi connectivity index (χ2n) is 9.55. The van der Waals surface area contributed by atoms with Gasteiger partial charge in [0.15, 0.2) is 0 Å². The van der Waals surface area contributed by atoms with Gasteiger partial charge in [-0.05, 0) is 53.9 Å². The van der Waals surface area contributed by atoms with Crippen LogP contribution in [0.25, 0.3) is 11.1 Å². The average molecular weight is 463 g/mol. The molecule has 3 aliphatic rings. The number of rotatable bonds is 6. The number of benzene rings is 2. The molecule has 34 heavy (non-hydrogen) atoms. The van der Waals surface area contributed by atoms with Crippen LogP contribution in [0.3, 0.4) is 0 Å². The van der Waals surface area contributed by atoms with Crippen molar-refractivity contribution in [3.8, 4) is 11.1 Å². The Kier molecular flexibility index (Phi) is 6.26. The number of likely N-dealkylation sites (tertiary alicyclic amines) is 1. The molecule has 5 rings (SSSR count). The number of aliphatic carboxylic acids is 1. The molecule has 3 atom stereocenters. The molecule has 7 heteroatoms. The number of nitrogens with one attached hydrogen (secondary N) is 1. The minimum atomic E-state index is -0.939. The average Bonchev–Trinajstić information content (AvgIpc) is 3.56. The van der Waals surface area contributed by atoms with Gasteiger partial charge in [0, 0.05) is 24.9 Å². The standard InChI is InChI=1S/C27H30N2O5/c30-25(29-14-6-13-24(29)26(31)32)15-17-7-5-12-23(17)28-27(33)34-16-22-20-10-3-1-8-18(20)19-9-2-4-11-21(19)22/h1-4,8-11,17,22-24H,5-7,12-16H2,(H,28,33)(H,31,32)/t17-,23+,24+/m0/s1. The fraction of sp³-hybridized carbons (Fsp3) is 0.444. The van der Waals surface area contributed by atoms with Crippen molar-refractivity contribution in [1.82, 2.24) is 10.2 Å². The molecule has 2 amide bonds. The van der Waals surface area contributed by atoms with Crippen molar-refractivity contribution in [2.24, 2.45) is 5.92 Å². The van der Waals surface area contributed by atoms with Crippen LogP contribution in [0.15, 0.2) is 48.5 Å². The summed E-state index contributed by atoms with van der Waals surface area (Å²) in [4.78, 5) is 38.4. The van der Waals surface area contributed by atoms with Gasteiger partial charge in [-0.25, -0.2) is 9.59 Å². The molecule has 0 unspecified atom stereocenters. The van der Waals surface area contributed by atoms with Crippen molar-refractivity contribution in [2.45, 2.75) is 56.5 Å². The van der Waals surface area contributed by atoms with Crippen molar-refractivity contribution in [3.05, 3.63) is 59.7 Å². The molecule has 2 aliphatic carbocycles. The summed E-state index contributed by atoms with van der Waals surface area (Å²) in [7, 11) is 0. The zero-order valence-electron chi connectivity index (χ0n) is 19.1. The predicted molar refractivity (Wildman–Crippen MR) is 126 cm³/mol. The van der Waals surface area contributed by atoms with E-state index in [0.29, 0.717) is 13.0 Å². The normalized spacial score (nSPS) is 23.4. The van der Waals surface area contributed by atoms with E-state index in [1.165, 1.54) is 27.2 Å². The van der Waals surface area contributed by atoms with Crippen LogP contribution >= 0.6 is 0 Å². The van der Waals surface area contributed by atoms with Gasteiger partial charge < -0.3 is 20.1 Å². The summed E-state index contributed by atoms with van der Waals surface area (Å²) in [6, 6.07) is 15.6. The maximum Gasteiger partial charge on any atom is 0.407 e. The molecule has 1 aliphatic heterocycles. The number of hydrogen-bond donors (Lipinski definition) is 2. The quantitative estimate of drug-likeness (QED) is 0.672. The molecule has 1 saturated carbocycles. The first kappa shape index (κ1) is 22.4. The summed E-state index contributed by atoms with van der Waals surface area (Å²) in [6.07, 6.45) is 3.58. The number of carbonyl (C=O) groups excluding carboxylic acids is 2. The van der Waals surface area contributed by atoms with Crippen LogP contribution in [0.2, 0.25) is 0 Å². The molecular weight excluding hydrogens is 432 g/mol. The highest BCUT2D eigenvalue weighted by Gasteiger charge is 2.37. The number of carboxylic acid groups (broad SMARTS) is 1. The summed E-state index contributed by atoms with van der Waals surface area (Å²) < 4.78 is 5.68. The lowest BCUT2D eigenvalue weighted by Crippen LogP contribution is -2.43. The van der Waals surface area contributed by atoms with Gasteiger partial charge in [0.05, 0.1) is 0 Å². The van der Waals surface area contributed by atoms with E-state index >= 15 is 0 Å². The van der Waals surface area contributed by atoms with Crippen molar-refractivity contribution in [2.75, 3.05) is 13.2 Å².